The molecule has 0 bridgehead atoms. The number of methoxy groups -OCH3 is 1. The molecule has 2 heterocycles. The highest BCUT2D eigenvalue weighted by Crippen LogP contribution is 2.33. The molecule has 0 aliphatic carbocycles. The van der Waals surface area contributed by atoms with Gasteiger partial charge in [0.1, 0.15) is 10.5 Å². The van der Waals surface area contributed by atoms with E-state index in [1.54, 1.807) is 6.92 Å². The average molecular weight is 429 g/mol. The van der Waals surface area contributed by atoms with Crippen molar-refractivity contribution in [1.29, 1.82) is 0 Å². The van der Waals surface area contributed by atoms with E-state index in [4.69, 9.17) is 4.74 Å². The molecule has 0 unspecified atom stereocenters. The summed E-state index contributed by atoms with van der Waals surface area (Å²) < 4.78 is 33.6. The lowest BCUT2D eigenvalue weighted by Gasteiger charge is -2.12. The smallest absolute Gasteiger partial charge is 0.356 e. The number of thiazole rings is 1. The van der Waals surface area contributed by atoms with Gasteiger partial charge in [-0.25, -0.2) is 13.6 Å². The van der Waals surface area contributed by atoms with E-state index in [9.17, 15) is 18.4 Å². The molecule has 0 N–H and O–H groups in total. The molecule has 30 heavy (non-hydrogen) atoms. The van der Waals surface area contributed by atoms with Crippen LogP contribution >= 0.6 is 11.3 Å². The Morgan fingerprint density at radius 1 is 1.23 bits per heavy atom. The van der Waals surface area contributed by atoms with Crippen molar-refractivity contribution < 1.29 is 18.3 Å². The summed E-state index contributed by atoms with van der Waals surface area (Å²) in [6, 6.07) is 3.56. The van der Waals surface area contributed by atoms with Gasteiger partial charge in [-0.1, -0.05) is 37.7 Å². The summed E-state index contributed by atoms with van der Waals surface area (Å²) in [6.07, 6.45) is 3.73. The van der Waals surface area contributed by atoms with Gasteiger partial charge in [0.15, 0.2) is 11.6 Å². The largest absolute Gasteiger partial charge is 0.464 e. The van der Waals surface area contributed by atoms with Gasteiger partial charge in [-0.15, -0.1) is 11.3 Å². The van der Waals surface area contributed by atoms with Crippen molar-refractivity contribution in [3.63, 3.8) is 0 Å². The maximum Gasteiger partial charge on any atom is 0.356 e. The summed E-state index contributed by atoms with van der Waals surface area (Å²) in [4.78, 5) is 25.6. The highest BCUT2D eigenvalue weighted by atomic mass is 32.1. The lowest BCUT2D eigenvalue weighted by molar-refractivity contribution is 0.0593. The monoisotopic (exact) mass is 429 g/mol. The van der Waals surface area contributed by atoms with Crippen LogP contribution in [0.5, 0.6) is 0 Å². The number of esters is 1. The molecule has 7 heteroatoms. The Morgan fingerprint density at radius 3 is 2.67 bits per heavy atom. The van der Waals surface area contributed by atoms with Crippen LogP contribution in [0, 0.1) is 30.4 Å². The van der Waals surface area contributed by atoms with E-state index in [1.165, 1.54) is 23.0 Å². The maximum atomic E-state index is 14.0. The molecule has 3 rings (SSSR count). The molecule has 0 fully saturated rings. The first kappa shape index (κ1) is 21.7. The van der Waals surface area contributed by atoms with Crippen LogP contribution in [0.1, 0.15) is 54.2 Å². The second kappa shape index (κ2) is 9.23. The fourth-order valence-electron chi connectivity index (χ4n) is 3.20. The number of benzene rings is 1. The standard InChI is InChI=1S/C23H21F2NO3S/c1-4-5-6-7-8-9-16-14(2)21(27)26-19(23(28)29-3)13-30-22(26)20(16)15-10-11-17(24)18(25)12-15/h10-13H,4-7H2,1-3H3. The van der Waals surface area contributed by atoms with Gasteiger partial charge in [-0.3, -0.25) is 9.20 Å². The maximum absolute atomic E-state index is 14.0. The van der Waals surface area contributed by atoms with Gasteiger partial charge in [0.25, 0.3) is 5.56 Å². The van der Waals surface area contributed by atoms with Crippen LogP contribution in [0.15, 0.2) is 28.4 Å². The van der Waals surface area contributed by atoms with Gasteiger partial charge >= 0.3 is 5.97 Å². The van der Waals surface area contributed by atoms with E-state index < -0.39 is 23.2 Å². The molecule has 0 amide bonds. The number of halogens is 2. The molecule has 1 aromatic carbocycles. The molecule has 0 saturated carbocycles. The number of ether oxygens (including phenoxy) is 1. The van der Waals surface area contributed by atoms with Crippen LogP contribution in [-0.2, 0) is 4.74 Å². The predicted octanol–water partition coefficient (Wildman–Crippen LogP) is 5.33. The molecular weight excluding hydrogens is 408 g/mol. The third-order valence-corrected chi connectivity index (χ3v) is 5.76. The molecule has 0 saturated heterocycles. The second-order valence-corrected chi connectivity index (χ2v) is 7.68. The van der Waals surface area contributed by atoms with Crippen LogP contribution in [-0.4, -0.2) is 17.5 Å². The Bertz CT molecular complexity index is 1230. The quantitative estimate of drug-likeness (QED) is 0.313. The minimum absolute atomic E-state index is 0.0805. The fourth-order valence-corrected chi connectivity index (χ4v) is 4.25. The molecule has 0 atom stereocenters. The summed E-state index contributed by atoms with van der Waals surface area (Å²) in [5.41, 5.74) is 1.35. The van der Waals surface area contributed by atoms with Crippen LogP contribution in [0.2, 0.25) is 0 Å². The molecule has 0 spiro atoms. The Morgan fingerprint density at radius 2 is 2.00 bits per heavy atom. The van der Waals surface area contributed by atoms with Crippen molar-refractivity contribution in [3.8, 4) is 23.0 Å². The summed E-state index contributed by atoms with van der Waals surface area (Å²) >= 11 is 1.15. The Labute approximate surface area is 177 Å². The van der Waals surface area contributed by atoms with Crippen molar-refractivity contribution in [1.82, 2.24) is 4.40 Å². The van der Waals surface area contributed by atoms with Crippen LogP contribution in [0.3, 0.4) is 0 Å². The number of nitrogens with zero attached hydrogens (tertiary/aromatic N) is 1. The first-order valence-electron chi connectivity index (χ1n) is 9.60. The molecule has 2 aromatic heterocycles. The van der Waals surface area contributed by atoms with Crippen molar-refractivity contribution >= 4 is 22.1 Å². The first-order valence-corrected chi connectivity index (χ1v) is 10.5. The summed E-state index contributed by atoms with van der Waals surface area (Å²) in [5.74, 6) is 3.54. The van der Waals surface area contributed by atoms with Gasteiger partial charge < -0.3 is 4.74 Å². The zero-order valence-electron chi connectivity index (χ0n) is 17.0. The number of fused-ring (bicyclic) bond motifs is 1. The van der Waals surface area contributed by atoms with Gasteiger partial charge in [0.2, 0.25) is 0 Å². The zero-order valence-corrected chi connectivity index (χ0v) is 17.8. The minimum atomic E-state index is -0.999. The SMILES string of the molecule is CCCCCC#Cc1c(C)c(=O)n2c(C(=O)OC)csc2c1-c1ccc(F)c(F)c1. The topological polar surface area (TPSA) is 47.8 Å². The average Bonchev–Trinajstić information content (AvgIpc) is 3.18. The number of pyridine rings is 1. The lowest BCUT2D eigenvalue weighted by Crippen LogP contribution is -2.22. The number of hydrogen-bond acceptors (Lipinski definition) is 4. The summed E-state index contributed by atoms with van der Waals surface area (Å²) in [5, 5.41) is 1.52. The minimum Gasteiger partial charge on any atom is -0.464 e. The summed E-state index contributed by atoms with van der Waals surface area (Å²) in [7, 11) is 1.23. The van der Waals surface area contributed by atoms with Gasteiger partial charge in [-0.05, 0) is 31.0 Å². The number of carbonyl (C=O) groups is 1. The Balaban J connectivity index is 2.33. The highest BCUT2D eigenvalue weighted by molar-refractivity contribution is 7.16. The van der Waals surface area contributed by atoms with Crippen molar-refractivity contribution in [2.45, 2.75) is 39.5 Å². The number of rotatable bonds is 5. The number of carbonyl (C=O) groups excluding carboxylic acids is 1. The third kappa shape index (κ3) is 4.01. The van der Waals surface area contributed by atoms with E-state index in [-0.39, 0.29) is 5.69 Å². The van der Waals surface area contributed by atoms with E-state index in [2.05, 4.69) is 18.8 Å². The zero-order chi connectivity index (χ0) is 21.8. The van der Waals surface area contributed by atoms with Crippen LogP contribution in [0.4, 0.5) is 8.78 Å². The molecule has 0 radical (unpaired) electrons. The van der Waals surface area contributed by atoms with Crippen molar-refractivity contribution in [2.24, 2.45) is 0 Å². The normalized spacial score (nSPS) is 10.7. The van der Waals surface area contributed by atoms with E-state index in [0.717, 1.165) is 42.7 Å². The Kier molecular flexibility index (Phi) is 6.68. The first-order chi connectivity index (χ1) is 14.4. The molecular formula is C23H21F2NO3S. The lowest BCUT2D eigenvalue weighted by atomic mass is 9.98. The van der Waals surface area contributed by atoms with E-state index in [0.29, 0.717) is 33.5 Å². The summed E-state index contributed by atoms with van der Waals surface area (Å²) in [6.45, 7) is 3.72. The molecule has 0 aliphatic heterocycles. The van der Waals surface area contributed by atoms with Gasteiger partial charge in [0, 0.05) is 28.5 Å². The van der Waals surface area contributed by atoms with Crippen LogP contribution in [0.25, 0.3) is 16.0 Å². The predicted molar refractivity (Wildman–Crippen MR) is 114 cm³/mol. The molecule has 3 aromatic rings. The molecule has 156 valence electrons. The van der Waals surface area contributed by atoms with E-state index in [1.807, 2.05) is 0 Å². The fraction of sp³-hybridized carbons (Fsp3) is 0.304. The van der Waals surface area contributed by atoms with Crippen molar-refractivity contribution in [3.05, 3.63) is 62.4 Å². The van der Waals surface area contributed by atoms with Gasteiger partial charge in [0.05, 0.1) is 7.11 Å². The third-order valence-electron chi connectivity index (χ3n) is 4.81. The van der Waals surface area contributed by atoms with Crippen LogP contribution < -0.4 is 5.56 Å². The molecule has 0 aliphatic rings. The number of aromatic nitrogens is 1. The Hall–Kier alpha value is -2.98. The van der Waals surface area contributed by atoms with Crippen molar-refractivity contribution in [2.75, 3.05) is 7.11 Å². The van der Waals surface area contributed by atoms with Gasteiger partial charge in [-0.2, -0.15) is 0 Å². The van der Waals surface area contributed by atoms with E-state index >= 15 is 0 Å². The second-order valence-electron chi connectivity index (χ2n) is 6.82. The number of hydrogen-bond donors (Lipinski definition) is 0. The number of unbranched alkanes of at least 4 members (excludes halogenated alkanes) is 3. The molecule has 4 nitrogen and oxygen atoms in total. The highest BCUT2D eigenvalue weighted by Gasteiger charge is 2.23.